The summed E-state index contributed by atoms with van der Waals surface area (Å²) in [5.41, 5.74) is 2.60. The lowest BCUT2D eigenvalue weighted by Gasteiger charge is -2.43. The summed E-state index contributed by atoms with van der Waals surface area (Å²) in [5.74, 6) is 1.04. The van der Waals surface area contributed by atoms with Crippen LogP contribution in [0.3, 0.4) is 0 Å². The van der Waals surface area contributed by atoms with Crippen LogP contribution in [0.4, 0.5) is 11.5 Å². The van der Waals surface area contributed by atoms with Gasteiger partial charge >= 0.3 is 0 Å². The van der Waals surface area contributed by atoms with Crippen LogP contribution in [0.1, 0.15) is 32.7 Å². The third-order valence-electron chi connectivity index (χ3n) is 6.75. The third kappa shape index (κ3) is 3.91. The van der Waals surface area contributed by atoms with Gasteiger partial charge in [0.2, 0.25) is 0 Å². The third-order valence-corrected chi connectivity index (χ3v) is 7.88. The fraction of sp³-hybridized carbons (Fsp3) is 0.458. The molecule has 1 aromatic carbocycles. The van der Waals surface area contributed by atoms with Crippen LogP contribution in [-0.2, 0) is 9.84 Å². The quantitative estimate of drug-likeness (QED) is 0.613. The summed E-state index contributed by atoms with van der Waals surface area (Å²) in [6, 6.07) is 14.3. The monoisotopic (exact) mass is 438 g/mol. The molecule has 5 rings (SSSR count). The van der Waals surface area contributed by atoms with E-state index in [0.717, 1.165) is 43.3 Å². The lowest BCUT2D eigenvalue weighted by molar-refractivity contribution is 0.107. The van der Waals surface area contributed by atoms with Gasteiger partial charge in [-0.05, 0) is 60.7 Å². The van der Waals surface area contributed by atoms with Crippen molar-refractivity contribution in [1.29, 1.82) is 0 Å². The molecule has 0 unspecified atom stereocenters. The molecule has 0 amide bonds. The number of anilines is 2. The van der Waals surface area contributed by atoms with Crippen LogP contribution in [0.2, 0.25) is 0 Å². The number of rotatable bonds is 4. The van der Waals surface area contributed by atoms with Crippen LogP contribution < -0.4 is 9.80 Å². The Morgan fingerprint density at radius 2 is 1.55 bits per heavy atom. The zero-order valence-corrected chi connectivity index (χ0v) is 19.3. The number of hydrogen-bond acceptors (Lipinski definition) is 5. The van der Waals surface area contributed by atoms with E-state index in [1.54, 1.807) is 12.1 Å². The SMILES string of the molecule is CC1(C)CC(n2ccc3ccc(N4CCN(c5ccc(S(C)(=O)=O)cc5)CC4)nc32)C1. The molecule has 0 radical (unpaired) electrons. The van der Waals surface area contributed by atoms with Gasteiger partial charge in [-0.2, -0.15) is 0 Å². The predicted octanol–water partition coefficient (Wildman–Crippen LogP) is 4.13. The average Bonchev–Trinajstić information content (AvgIpc) is 3.14. The maximum absolute atomic E-state index is 11.7. The number of hydrogen-bond donors (Lipinski definition) is 0. The van der Waals surface area contributed by atoms with Crippen molar-refractivity contribution in [2.24, 2.45) is 5.41 Å². The Morgan fingerprint density at radius 3 is 2.16 bits per heavy atom. The fourth-order valence-corrected chi connectivity index (χ4v) is 5.63. The molecular weight excluding hydrogens is 408 g/mol. The zero-order chi connectivity index (χ0) is 21.8. The van der Waals surface area contributed by atoms with Crippen molar-refractivity contribution in [2.75, 3.05) is 42.2 Å². The van der Waals surface area contributed by atoms with E-state index in [-0.39, 0.29) is 0 Å². The molecule has 1 saturated carbocycles. The molecule has 2 aromatic heterocycles. The first-order valence-corrected chi connectivity index (χ1v) is 12.9. The zero-order valence-electron chi connectivity index (χ0n) is 18.5. The maximum Gasteiger partial charge on any atom is 0.175 e. The smallest absolute Gasteiger partial charge is 0.175 e. The van der Waals surface area contributed by atoms with Crippen LogP contribution in [0.15, 0.2) is 53.6 Å². The molecule has 7 heteroatoms. The largest absolute Gasteiger partial charge is 0.368 e. The van der Waals surface area contributed by atoms with Crippen molar-refractivity contribution in [2.45, 2.75) is 37.6 Å². The Labute approximate surface area is 184 Å². The molecule has 31 heavy (non-hydrogen) atoms. The molecular formula is C24H30N4O2S. The summed E-state index contributed by atoms with van der Waals surface area (Å²) in [5, 5.41) is 1.21. The summed E-state index contributed by atoms with van der Waals surface area (Å²) in [6.07, 6.45) is 5.85. The van der Waals surface area contributed by atoms with E-state index in [1.165, 1.54) is 24.5 Å². The summed E-state index contributed by atoms with van der Waals surface area (Å²) in [7, 11) is -3.16. The molecule has 0 spiro atoms. The van der Waals surface area contributed by atoms with Gasteiger partial charge in [0.05, 0.1) is 4.90 Å². The Bertz CT molecular complexity index is 1200. The molecule has 0 N–H and O–H groups in total. The number of fused-ring (bicyclic) bond motifs is 1. The molecule has 6 nitrogen and oxygen atoms in total. The van der Waals surface area contributed by atoms with Crippen LogP contribution in [-0.4, -0.2) is 50.4 Å². The van der Waals surface area contributed by atoms with Gasteiger partial charge in [0.25, 0.3) is 0 Å². The first-order valence-electron chi connectivity index (χ1n) is 11.0. The number of pyridine rings is 1. The Kier molecular flexibility index (Phi) is 4.77. The van der Waals surface area contributed by atoms with E-state index in [1.807, 2.05) is 12.1 Å². The van der Waals surface area contributed by atoms with Crippen molar-refractivity contribution < 1.29 is 8.42 Å². The van der Waals surface area contributed by atoms with Crippen LogP contribution >= 0.6 is 0 Å². The van der Waals surface area contributed by atoms with E-state index in [9.17, 15) is 8.42 Å². The predicted molar refractivity (Wildman–Crippen MR) is 126 cm³/mol. The van der Waals surface area contributed by atoms with Gasteiger partial charge in [-0.15, -0.1) is 0 Å². The van der Waals surface area contributed by atoms with Crippen molar-refractivity contribution in [1.82, 2.24) is 9.55 Å². The fourth-order valence-electron chi connectivity index (χ4n) is 5.00. The number of benzene rings is 1. The number of aromatic nitrogens is 2. The summed E-state index contributed by atoms with van der Waals surface area (Å²) in [6.45, 7) is 8.23. The normalized spacial score (nSPS) is 19.6. The topological polar surface area (TPSA) is 58.4 Å². The van der Waals surface area contributed by atoms with Gasteiger partial charge in [0.15, 0.2) is 9.84 Å². The molecule has 0 bridgehead atoms. The van der Waals surface area contributed by atoms with Crippen LogP contribution in [0.5, 0.6) is 0 Å². The molecule has 2 fully saturated rings. The lowest BCUT2D eigenvalue weighted by atomic mass is 9.68. The summed E-state index contributed by atoms with van der Waals surface area (Å²) in [4.78, 5) is 10.1. The first kappa shape index (κ1) is 20.4. The van der Waals surface area contributed by atoms with Gasteiger partial charge in [0, 0.05) is 55.7 Å². The molecule has 164 valence electrons. The average molecular weight is 439 g/mol. The highest BCUT2D eigenvalue weighted by atomic mass is 32.2. The van der Waals surface area contributed by atoms with Gasteiger partial charge in [-0.3, -0.25) is 0 Å². The molecule has 1 aliphatic carbocycles. The van der Waals surface area contributed by atoms with Gasteiger partial charge in [-0.25, -0.2) is 13.4 Å². The van der Waals surface area contributed by atoms with Gasteiger partial charge < -0.3 is 14.4 Å². The van der Waals surface area contributed by atoms with Crippen molar-refractivity contribution in [3.63, 3.8) is 0 Å². The van der Waals surface area contributed by atoms with Gasteiger partial charge in [-0.1, -0.05) is 13.8 Å². The number of piperazine rings is 1. The van der Waals surface area contributed by atoms with E-state index in [0.29, 0.717) is 16.4 Å². The minimum atomic E-state index is -3.16. The summed E-state index contributed by atoms with van der Waals surface area (Å²) >= 11 is 0. The van der Waals surface area contributed by atoms with Crippen LogP contribution in [0.25, 0.3) is 11.0 Å². The van der Waals surface area contributed by atoms with E-state index < -0.39 is 9.84 Å². The number of sulfone groups is 1. The molecule has 0 atom stereocenters. The maximum atomic E-state index is 11.7. The Morgan fingerprint density at radius 1 is 0.903 bits per heavy atom. The van der Waals surface area contributed by atoms with E-state index in [2.05, 4.69) is 52.6 Å². The van der Waals surface area contributed by atoms with E-state index >= 15 is 0 Å². The minimum absolute atomic E-state index is 0.366. The standard InChI is InChI=1S/C24H30N4O2S/c1-24(2)16-20(17-24)28-11-10-18-4-9-22(25-23(18)28)27-14-12-26(13-15-27)19-5-7-21(8-6-19)31(3,29)30/h4-11,20H,12-17H2,1-3H3. The van der Waals surface area contributed by atoms with Gasteiger partial charge in [0.1, 0.15) is 11.5 Å². The molecule has 3 aromatic rings. The van der Waals surface area contributed by atoms with E-state index in [4.69, 9.17) is 4.98 Å². The molecule has 1 saturated heterocycles. The minimum Gasteiger partial charge on any atom is -0.368 e. The Balaban J connectivity index is 1.29. The molecule has 1 aliphatic heterocycles. The second-order valence-corrected chi connectivity index (χ2v) is 11.8. The summed E-state index contributed by atoms with van der Waals surface area (Å²) < 4.78 is 25.7. The molecule has 2 aliphatic rings. The van der Waals surface area contributed by atoms with Crippen molar-refractivity contribution in [3.8, 4) is 0 Å². The van der Waals surface area contributed by atoms with Crippen molar-refractivity contribution >= 4 is 32.4 Å². The second kappa shape index (κ2) is 7.26. The highest BCUT2D eigenvalue weighted by molar-refractivity contribution is 7.90. The van der Waals surface area contributed by atoms with Crippen molar-refractivity contribution in [3.05, 3.63) is 48.7 Å². The number of nitrogens with zero attached hydrogens (tertiary/aromatic N) is 4. The lowest BCUT2D eigenvalue weighted by Crippen LogP contribution is -2.46. The first-order chi connectivity index (χ1) is 14.7. The van der Waals surface area contributed by atoms with Crippen LogP contribution in [0, 0.1) is 5.41 Å². The highest BCUT2D eigenvalue weighted by Crippen LogP contribution is 2.48. The highest BCUT2D eigenvalue weighted by Gasteiger charge is 2.37. The molecule has 3 heterocycles. The second-order valence-electron chi connectivity index (χ2n) is 9.77. The Hall–Kier alpha value is -2.54.